The van der Waals surface area contributed by atoms with Crippen LogP contribution in [0.5, 0.6) is 0 Å². The van der Waals surface area contributed by atoms with Gasteiger partial charge in [-0.25, -0.2) is 0 Å². The molecule has 1 aromatic rings. The first-order valence-corrected chi connectivity index (χ1v) is 5.10. The Bertz CT molecular complexity index is 357. The lowest BCUT2D eigenvalue weighted by atomic mass is 10.2. The van der Waals surface area contributed by atoms with E-state index in [0.29, 0.717) is 0 Å². The molecule has 0 atom stereocenters. The van der Waals surface area contributed by atoms with Crippen LogP contribution >= 0.6 is 0 Å². The molecule has 0 amide bonds. The Kier molecular flexibility index (Phi) is 4.52. The van der Waals surface area contributed by atoms with Crippen LogP contribution in [0.4, 0.5) is 0 Å². The molecular formula is C11H19N3O. The van der Waals surface area contributed by atoms with Crippen LogP contribution in [-0.4, -0.2) is 36.7 Å². The molecule has 4 heteroatoms. The van der Waals surface area contributed by atoms with Gasteiger partial charge in [-0.05, 0) is 25.7 Å². The first-order valence-electron chi connectivity index (χ1n) is 5.10. The fourth-order valence-electron chi connectivity index (χ4n) is 1.23. The number of nitrogens with zero attached hydrogens (tertiary/aromatic N) is 2. The topological polar surface area (TPSA) is 37.3 Å². The predicted octanol–water partition coefficient (Wildman–Crippen LogP) is 0.0365. The lowest BCUT2D eigenvalue weighted by Gasteiger charge is -2.10. The van der Waals surface area contributed by atoms with E-state index in [1.54, 1.807) is 23.9 Å². The Morgan fingerprint density at radius 3 is 2.80 bits per heavy atom. The zero-order valence-electron chi connectivity index (χ0n) is 9.66. The summed E-state index contributed by atoms with van der Waals surface area (Å²) in [7, 11) is 5.84. The molecule has 0 aliphatic carbocycles. The molecule has 0 aromatic carbocycles. The standard InChI is InChI=1S/C11H19N3O/c1-13(2)7-5-12-9-10-4-6-14(3)11(15)8-10/h4,6,8,12H,5,7,9H2,1-3H3. The smallest absolute Gasteiger partial charge is 0.250 e. The summed E-state index contributed by atoms with van der Waals surface area (Å²) in [6.45, 7) is 2.69. The Morgan fingerprint density at radius 2 is 2.20 bits per heavy atom. The molecule has 1 N–H and O–H groups in total. The molecule has 1 aromatic heterocycles. The SMILES string of the molecule is CN(C)CCNCc1ccn(C)c(=O)c1. The van der Waals surface area contributed by atoms with E-state index in [4.69, 9.17) is 0 Å². The molecule has 0 bridgehead atoms. The van der Waals surface area contributed by atoms with Crippen LogP contribution in [0, 0.1) is 0 Å². The van der Waals surface area contributed by atoms with E-state index in [2.05, 4.69) is 10.2 Å². The van der Waals surface area contributed by atoms with E-state index < -0.39 is 0 Å². The number of likely N-dealkylation sites (N-methyl/N-ethyl adjacent to an activating group) is 1. The summed E-state index contributed by atoms with van der Waals surface area (Å²) in [6, 6.07) is 3.63. The molecule has 15 heavy (non-hydrogen) atoms. The molecule has 84 valence electrons. The molecule has 1 rings (SSSR count). The van der Waals surface area contributed by atoms with Crippen molar-refractivity contribution in [2.45, 2.75) is 6.54 Å². The first-order chi connectivity index (χ1) is 7.09. The largest absolute Gasteiger partial charge is 0.319 e. The average molecular weight is 209 g/mol. The summed E-state index contributed by atoms with van der Waals surface area (Å²) < 4.78 is 1.57. The molecule has 0 saturated heterocycles. The van der Waals surface area contributed by atoms with Crippen LogP contribution in [-0.2, 0) is 13.6 Å². The lowest BCUT2D eigenvalue weighted by molar-refractivity contribution is 0.400. The molecule has 0 radical (unpaired) electrons. The normalized spacial score (nSPS) is 10.9. The van der Waals surface area contributed by atoms with Crippen molar-refractivity contribution in [2.24, 2.45) is 7.05 Å². The number of pyridine rings is 1. The van der Waals surface area contributed by atoms with Gasteiger partial charge in [-0.1, -0.05) is 0 Å². The fraction of sp³-hybridized carbons (Fsp3) is 0.545. The van der Waals surface area contributed by atoms with E-state index >= 15 is 0 Å². The van der Waals surface area contributed by atoms with Crippen LogP contribution in [0.2, 0.25) is 0 Å². The van der Waals surface area contributed by atoms with Crippen LogP contribution < -0.4 is 10.9 Å². The Hall–Kier alpha value is -1.13. The fourth-order valence-corrected chi connectivity index (χ4v) is 1.23. The minimum atomic E-state index is 0.0434. The van der Waals surface area contributed by atoms with Gasteiger partial charge in [0, 0.05) is 38.9 Å². The second-order valence-electron chi connectivity index (χ2n) is 3.96. The molecule has 0 unspecified atom stereocenters. The van der Waals surface area contributed by atoms with E-state index in [0.717, 1.165) is 25.2 Å². The second-order valence-corrected chi connectivity index (χ2v) is 3.96. The molecular weight excluding hydrogens is 190 g/mol. The molecule has 0 fully saturated rings. The summed E-state index contributed by atoms with van der Waals surface area (Å²) in [5.41, 5.74) is 1.08. The third kappa shape index (κ3) is 4.27. The molecule has 0 saturated carbocycles. The number of nitrogens with one attached hydrogen (secondary N) is 1. The number of aryl methyl sites for hydroxylation is 1. The van der Waals surface area contributed by atoms with Crippen LogP contribution in [0.1, 0.15) is 5.56 Å². The lowest BCUT2D eigenvalue weighted by Crippen LogP contribution is -2.26. The molecule has 0 spiro atoms. The van der Waals surface area contributed by atoms with Gasteiger partial charge in [-0.2, -0.15) is 0 Å². The van der Waals surface area contributed by atoms with E-state index in [1.807, 2.05) is 20.2 Å². The van der Waals surface area contributed by atoms with Crippen molar-refractivity contribution in [1.29, 1.82) is 0 Å². The van der Waals surface area contributed by atoms with Crippen LogP contribution in [0.15, 0.2) is 23.1 Å². The third-order valence-corrected chi connectivity index (χ3v) is 2.23. The highest BCUT2D eigenvalue weighted by Crippen LogP contribution is 1.92. The van der Waals surface area contributed by atoms with E-state index in [1.165, 1.54) is 0 Å². The van der Waals surface area contributed by atoms with Gasteiger partial charge in [-0.3, -0.25) is 4.79 Å². The van der Waals surface area contributed by atoms with Gasteiger partial charge in [0.15, 0.2) is 0 Å². The number of hydrogen-bond donors (Lipinski definition) is 1. The monoisotopic (exact) mass is 209 g/mol. The van der Waals surface area contributed by atoms with Gasteiger partial charge in [-0.15, -0.1) is 0 Å². The second kappa shape index (κ2) is 5.68. The highest BCUT2D eigenvalue weighted by molar-refractivity contribution is 5.10. The van der Waals surface area contributed by atoms with Gasteiger partial charge in [0.2, 0.25) is 0 Å². The minimum Gasteiger partial charge on any atom is -0.319 e. The van der Waals surface area contributed by atoms with Crippen molar-refractivity contribution in [2.75, 3.05) is 27.2 Å². The maximum atomic E-state index is 11.3. The Morgan fingerprint density at radius 1 is 1.47 bits per heavy atom. The zero-order valence-corrected chi connectivity index (χ0v) is 9.66. The number of aromatic nitrogens is 1. The Balaban J connectivity index is 2.38. The predicted molar refractivity (Wildman–Crippen MR) is 61.9 cm³/mol. The van der Waals surface area contributed by atoms with Crippen molar-refractivity contribution >= 4 is 0 Å². The van der Waals surface area contributed by atoms with E-state index in [-0.39, 0.29) is 5.56 Å². The van der Waals surface area contributed by atoms with Gasteiger partial charge >= 0.3 is 0 Å². The van der Waals surface area contributed by atoms with Crippen molar-refractivity contribution in [3.8, 4) is 0 Å². The van der Waals surface area contributed by atoms with Crippen LogP contribution in [0.25, 0.3) is 0 Å². The van der Waals surface area contributed by atoms with Crippen molar-refractivity contribution < 1.29 is 0 Å². The summed E-state index contributed by atoms with van der Waals surface area (Å²) in [5, 5.41) is 3.29. The summed E-state index contributed by atoms with van der Waals surface area (Å²) in [6.07, 6.45) is 1.80. The third-order valence-electron chi connectivity index (χ3n) is 2.23. The molecule has 0 aliphatic rings. The Labute approximate surface area is 90.5 Å². The molecule has 0 aliphatic heterocycles. The highest BCUT2D eigenvalue weighted by Gasteiger charge is 1.95. The van der Waals surface area contributed by atoms with Crippen LogP contribution in [0.3, 0.4) is 0 Å². The van der Waals surface area contributed by atoms with Gasteiger partial charge in [0.1, 0.15) is 0 Å². The molecule has 1 heterocycles. The number of hydrogen-bond acceptors (Lipinski definition) is 3. The first kappa shape index (κ1) is 11.9. The highest BCUT2D eigenvalue weighted by atomic mass is 16.1. The van der Waals surface area contributed by atoms with Crippen molar-refractivity contribution in [3.63, 3.8) is 0 Å². The maximum absolute atomic E-state index is 11.3. The van der Waals surface area contributed by atoms with Gasteiger partial charge in [0.05, 0.1) is 0 Å². The maximum Gasteiger partial charge on any atom is 0.250 e. The summed E-state index contributed by atoms with van der Waals surface area (Å²) >= 11 is 0. The van der Waals surface area contributed by atoms with E-state index in [9.17, 15) is 4.79 Å². The average Bonchev–Trinajstić information content (AvgIpc) is 2.18. The summed E-state index contributed by atoms with van der Waals surface area (Å²) in [4.78, 5) is 13.4. The molecule has 4 nitrogen and oxygen atoms in total. The van der Waals surface area contributed by atoms with Gasteiger partial charge in [0.25, 0.3) is 5.56 Å². The summed E-state index contributed by atoms with van der Waals surface area (Å²) in [5.74, 6) is 0. The number of rotatable bonds is 5. The van der Waals surface area contributed by atoms with Crippen molar-refractivity contribution in [1.82, 2.24) is 14.8 Å². The van der Waals surface area contributed by atoms with Crippen molar-refractivity contribution in [3.05, 3.63) is 34.2 Å². The van der Waals surface area contributed by atoms with Gasteiger partial charge < -0.3 is 14.8 Å². The minimum absolute atomic E-state index is 0.0434. The quantitative estimate of drug-likeness (QED) is 0.696. The zero-order chi connectivity index (χ0) is 11.3.